The molecule has 3 heterocycles. The first-order chi connectivity index (χ1) is 8.74. The Hall–Kier alpha value is -0.520. The van der Waals surface area contributed by atoms with Crippen LogP contribution in [0.3, 0.4) is 0 Å². The molecule has 2 aliphatic rings. The zero-order chi connectivity index (χ0) is 12.5. The monoisotopic (exact) mass is 282 g/mol. The second-order valence-corrected chi connectivity index (χ2v) is 6.53. The molecule has 1 aromatic heterocycles. The van der Waals surface area contributed by atoms with E-state index in [1.165, 1.54) is 30.7 Å². The molecule has 1 unspecified atom stereocenters. The normalized spacial score (nSPS) is 24.9. The lowest BCUT2D eigenvalue weighted by atomic mass is 10.2. The summed E-state index contributed by atoms with van der Waals surface area (Å²) >= 11 is 5.78. The fourth-order valence-corrected chi connectivity index (χ4v) is 4.10. The molecule has 5 heteroatoms. The first kappa shape index (κ1) is 12.5. The molecule has 1 aromatic rings. The Labute approximate surface area is 117 Å². The summed E-state index contributed by atoms with van der Waals surface area (Å²) in [6.45, 7) is 4.16. The third-order valence-corrected chi connectivity index (χ3v) is 5.24. The van der Waals surface area contributed by atoms with Crippen LogP contribution < -0.4 is 0 Å². The molecule has 0 radical (unpaired) electrons. The predicted molar refractivity (Wildman–Crippen MR) is 76.7 cm³/mol. The fraction of sp³-hybridized carbons (Fsp3) is 0.615. The van der Waals surface area contributed by atoms with Crippen LogP contribution in [0.25, 0.3) is 0 Å². The van der Waals surface area contributed by atoms with E-state index in [1.54, 1.807) is 0 Å². The Morgan fingerprint density at radius 2 is 2.17 bits per heavy atom. The van der Waals surface area contributed by atoms with Gasteiger partial charge in [-0.15, -0.1) is 24.0 Å². The molecule has 0 saturated carbocycles. The van der Waals surface area contributed by atoms with Crippen molar-refractivity contribution in [2.75, 3.05) is 26.2 Å². The number of thiol groups is 1. The highest BCUT2D eigenvalue weighted by Gasteiger charge is 2.31. The lowest BCUT2D eigenvalue weighted by molar-refractivity contribution is 0.0748. The highest BCUT2D eigenvalue weighted by atomic mass is 32.1. The minimum absolute atomic E-state index is 0.189. The van der Waals surface area contributed by atoms with E-state index in [0.29, 0.717) is 6.04 Å². The topological polar surface area (TPSA) is 23.6 Å². The van der Waals surface area contributed by atoms with Gasteiger partial charge in [-0.1, -0.05) is 0 Å². The van der Waals surface area contributed by atoms with Crippen LogP contribution in [0.1, 0.15) is 28.9 Å². The van der Waals surface area contributed by atoms with Gasteiger partial charge in [0.1, 0.15) is 0 Å². The van der Waals surface area contributed by atoms with E-state index >= 15 is 0 Å². The molecule has 2 fully saturated rings. The lowest BCUT2D eigenvalue weighted by Gasteiger charge is -2.25. The molecule has 0 aromatic carbocycles. The predicted octanol–water partition coefficient (Wildman–Crippen LogP) is 2.35. The Kier molecular flexibility index (Phi) is 3.63. The number of thiophene rings is 1. The van der Waals surface area contributed by atoms with Crippen LogP contribution in [-0.4, -0.2) is 47.9 Å². The minimum Gasteiger partial charge on any atom is -0.336 e. The van der Waals surface area contributed by atoms with Gasteiger partial charge >= 0.3 is 0 Å². The first-order valence-corrected chi connectivity index (χ1v) is 7.87. The summed E-state index contributed by atoms with van der Waals surface area (Å²) in [6.07, 6.45) is 3.62. The van der Waals surface area contributed by atoms with E-state index in [1.807, 2.05) is 16.3 Å². The summed E-state index contributed by atoms with van der Waals surface area (Å²) in [7, 11) is 0. The molecule has 98 valence electrons. The molecule has 1 atom stereocenters. The van der Waals surface area contributed by atoms with E-state index in [-0.39, 0.29) is 5.91 Å². The van der Waals surface area contributed by atoms with Crippen LogP contribution in [0, 0.1) is 0 Å². The quantitative estimate of drug-likeness (QED) is 0.799. The molecule has 0 bridgehead atoms. The van der Waals surface area contributed by atoms with Crippen molar-refractivity contribution in [3.05, 3.63) is 16.3 Å². The van der Waals surface area contributed by atoms with Crippen molar-refractivity contribution in [1.82, 2.24) is 9.80 Å². The molecular weight excluding hydrogens is 264 g/mol. The Balaban J connectivity index is 1.73. The number of carbonyl (C=O) groups is 1. The molecule has 0 N–H and O–H groups in total. The van der Waals surface area contributed by atoms with Crippen molar-refractivity contribution in [1.29, 1.82) is 0 Å². The average molecular weight is 282 g/mol. The van der Waals surface area contributed by atoms with Gasteiger partial charge in [0.2, 0.25) is 0 Å². The number of fused-ring (bicyclic) bond motifs is 1. The maximum absolute atomic E-state index is 12.4. The van der Waals surface area contributed by atoms with Gasteiger partial charge in [0.05, 0.1) is 4.88 Å². The number of amides is 1. The largest absolute Gasteiger partial charge is 0.336 e. The van der Waals surface area contributed by atoms with Crippen LogP contribution in [0.2, 0.25) is 0 Å². The third kappa shape index (κ3) is 2.44. The fourth-order valence-electron chi connectivity index (χ4n) is 2.99. The molecule has 1 amide bonds. The molecule has 18 heavy (non-hydrogen) atoms. The third-order valence-electron chi connectivity index (χ3n) is 3.89. The number of nitrogens with zero attached hydrogens (tertiary/aromatic N) is 2. The summed E-state index contributed by atoms with van der Waals surface area (Å²) < 4.78 is 0. The maximum atomic E-state index is 12.4. The van der Waals surface area contributed by atoms with Gasteiger partial charge in [-0.25, -0.2) is 0 Å². The van der Waals surface area contributed by atoms with Gasteiger partial charge in [-0.05, 0) is 31.9 Å². The minimum atomic E-state index is 0.189. The summed E-state index contributed by atoms with van der Waals surface area (Å²) in [6, 6.07) is 2.47. The molecule has 2 saturated heterocycles. The number of hydrogen-bond donors (Lipinski definition) is 1. The zero-order valence-electron chi connectivity index (χ0n) is 10.3. The highest BCUT2D eigenvalue weighted by Crippen LogP contribution is 2.24. The van der Waals surface area contributed by atoms with E-state index in [0.717, 1.165) is 35.8 Å². The SMILES string of the molecule is O=C(c1cc(S)cs1)N1CCCN2CCCC2C1. The summed E-state index contributed by atoms with van der Waals surface area (Å²) in [5.41, 5.74) is 0. The maximum Gasteiger partial charge on any atom is 0.264 e. The van der Waals surface area contributed by atoms with Crippen molar-refractivity contribution >= 4 is 29.9 Å². The van der Waals surface area contributed by atoms with Gasteiger partial charge in [0.25, 0.3) is 5.91 Å². The van der Waals surface area contributed by atoms with Gasteiger partial charge < -0.3 is 4.90 Å². The Bertz CT molecular complexity index is 446. The second-order valence-electron chi connectivity index (χ2n) is 5.11. The van der Waals surface area contributed by atoms with Crippen molar-refractivity contribution < 1.29 is 4.79 Å². The van der Waals surface area contributed by atoms with Crippen LogP contribution in [-0.2, 0) is 0 Å². The van der Waals surface area contributed by atoms with Crippen LogP contribution in [0.5, 0.6) is 0 Å². The molecule has 0 spiro atoms. The first-order valence-electron chi connectivity index (χ1n) is 6.55. The van der Waals surface area contributed by atoms with E-state index < -0.39 is 0 Å². The summed E-state index contributed by atoms with van der Waals surface area (Å²) in [5, 5.41) is 1.93. The van der Waals surface area contributed by atoms with E-state index in [9.17, 15) is 4.79 Å². The summed E-state index contributed by atoms with van der Waals surface area (Å²) in [4.78, 5) is 18.7. The highest BCUT2D eigenvalue weighted by molar-refractivity contribution is 7.80. The number of hydrogen-bond acceptors (Lipinski definition) is 4. The lowest BCUT2D eigenvalue weighted by Crippen LogP contribution is -2.39. The standard InChI is InChI=1S/C13H18N2OS2/c16-13(12-7-11(17)9-18-12)15-6-2-5-14-4-1-3-10(14)8-15/h7,9-10,17H,1-6,8H2. The van der Waals surface area contributed by atoms with Crippen molar-refractivity contribution in [3.8, 4) is 0 Å². The van der Waals surface area contributed by atoms with Gasteiger partial charge in [-0.3, -0.25) is 9.69 Å². The second kappa shape index (κ2) is 5.23. The number of carbonyl (C=O) groups excluding carboxylic acids is 1. The number of rotatable bonds is 1. The zero-order valence-corrected chi connectivity index (χ0v) is 12.1. The molecule has 2 aliphatic heterocycles. The molecule has 3 nitrogen and oxygen atoms in total. The summed E-state index contributed by atoms with van der Waals surface area (Å²) in [5.74, 6) is 0.189. The Morgan fingerprint density at radius 1 is 1.33 bits per heavy atom. The van der Waals surface area contributed by atoms with Crippen LogP contribution in [0.4, 0.5) is 0 Å². The molecule has 3 rings (SSSR count). The van der Waals surface area contributed by atoms with Gasteiger partial charge in [0.15, 0.2) is 0 Å². The van der Waals surface area contributed by atoms with Crippen molar-refractivity contribution in [2.24, 2.45) is 0 Å². The smallest absolute Gasteiger partial charge is 0.264 e. The van der Waals surface area contributed by atoms with Crippen molar-refractivity contribution in [3.63, 3.8) is 0 Å². The van der Waals surface area contributed by atoms with Crippen LogP contribution >= 0.6 is 24.0 Å². The van der Waals surface area contributed by atoms with Crippen molar-refractivity contribution in [2.45, 2.75) is 30.2 Å². The van der Waals surface area contributed by atoms with Gasteiger partial charge in [-0.2, -0.15) is 0 Å². The van der Waals surface area contributed by atoms with Gasteiger partial charge in [0, 0.05) is 36.0 Å². The van der Waals surface area contributed by atoms with E-state index in [2.05, 4.69) is 17.5 Å². The Morgan fingerprint density at radius 3 is 2.94 bits per heavy atom. The average Bonchev–Trinajstić information content (AvgIpc) is 2.93. The van der Waals surface area contributed by atoms with E-state index in [4.69, 9.17) is 0 Å². The molecular formula is C13H18N2OS2. The van der Waals surface area contributed by atoms with Crippen LogP contribution in [0.15, 0.2) is 16.3 Å². The molecule has 0 aliphatic carbocycles.